The van der Waals surface area contributed by atoms with Gasteiger partial charge in [0.05, 0.1) is 0 Å². The van der Waals surface area contributed by atoms with Crippen LogP contribution in [0.4, 0.5) is 0 Å². The molecule has 0 bridgehead atoms. The van der Waals surface area contributed by atoms with E-state index in [0.29, 0.717) is 22.6 Å². The summed E-state index contributed by atoms with van der Waals surface area (Å²) in [6, 6.07) is 7.57. The van der Waals surface area contributed by atoms with Crippen LogP contribution in [0.25, 0.3) is 10.9 Å². The molecule has 2 aliphatic heterocycles. The molecule has 2 atom stereocenters. The molecular formula is C17H20ClN3O. The van der Waals surface area contributed by atoms with Crippen molar-refractivity contribution in [2.75, 3.05) is 32.7 Å². The van der Waals surface area contributed by atoms with Crippen LogP contribution in [0.5, 0.6) is 0 Å². The Labute approximate surface area is 135 Å². The van der Waals surface area contributed by atoms with E-state index in [4.69, 9.17) is 11.6 Å². The van der Waals surface area contributed by atoms with E-state index in [9.17, 15) is 4.79 Å². The first-order valence-corrected chi connectivity index (χ1v) is 8.31. The van der Waals surface area contributed by atoms with Crippen LogP contribution < -0.4 is 0 Å². The maximum Gasteiger partial charge on any atom is 0.270 e. The number of aromatic amines is 1. The van der Waals surface area contributed by atoms with Crippen molar-refractivity contribution in [2.24, 2.45) is 11.8 Å². The molecule has 0 unspecified atom stereocenters. The van der Waals surface area contributed by atoms with Crippen LogP contribution in [-0.2, 0) is 0 Å². The Bertz CT molecular complexity index is 712. The zero-order chi connectivity index (χ0) is 15.3. The molecule has 1 aromatic carbocycles. The molecule has 3 heterocycles. The highest BCUT2D eigenvalue weighted by Crippen LogP contribution is 2.32. The second-order valence-corrected chi connectivity index (χ2v) is 6.93. The maximum absolute atomic E-state index is 12.7. The number of benzene rings is 1. The fraction of sp³-hybridized carbons (Fsp3) is 0.471. The molecule has 2 aromatic rings. The number of hydrogen-bond acceptors (Lipinski definition) is 2. The first-order chi connectivity index (χ1) is 10.6. The number of H-pyrrole nitrogens is 1. The summed E-state index contributed by atoms with van der Waals surface area (Å²) in [6.07, 6.45) is 0. The van der Waals surface area contributed by atoms with Gasteiger partial charge in [-0.2, -0.15) is 0 Å². The summed E-state index contributed by atoms with van der Waals surface area (Å²) in [5, 5.41) is 1.69. The predicted molar refractivity (Wildman–Crippen MR) is 88.3 cm³/mol. The van der Waals surface area contributed by atoms with Gasteiger partial charge in [0.15, 0.2) is 0 Å². The number of nitrogens with zero attached hydrogens (tertiary/aromatic N) is 2. The Balaban J connectivity index is 1.52. The zero-order valence-corrected chi connectivity index (χ0v) is 13.4. The fourth-order valence-corrected chi connectivity index (χ4v) is 4.08. The van der Waals surface area contributed by atoms with E-state index in [1.807, 2.05) is 29.2 Å². The van der Waals surface area contributed by atoms with E-state index in [0.717, 1.165) is 43.6 Å². The van der Waals surface area contributed by atoms with Crippen molar-refractivity contribution < 1.29 is 4.79 Å². The lowest BCUT2D eigenvalue weighted by molar-refractivity contribution is 0.0769. The number of halogens is 1. The van der Waals surface area contributed by atoms with Crippen molar-refractivity contribution in [1.82, 2.24) is 14.8 Å². The summed E-state index contributed by atoms with van der Waals surface area (Å²) >= 11 is 6.01. The number of fused-ring (bicyclic) bond motifs is 2. The summed E-state index contributed by atoms with van der Waals surface area (Å²) in [5.74, 6) is 1.40. The van der Waals surface area contributed by atoms with Gasteiger partial charge in [-0.15, -0.1) is 0 Å². The Kier molecular flexibility index (Phi) is 3.39. The number of hydrogen-bond donors (Lipinski definition) is 1. The van der Waals surface area contributed by atoms with Crippen LogP contribution >= 0.6 is 11.6 Å². The van der Waals surface area contributed by atoms with Gasteiger partial charge in [0.1, 0.15) is 5.69 Å². The standard InChI is InChI=1S/C17H20ClN3O/c1-2-20-7-12-9-21(10-13(12)8-20)17(22)16-6-11-5-14(18)3-4-15(11)19-16/h3-6,12-13,19H,2,7-10H2,1H3/t12-,13+. The summed E-state index contributed by atoms with van der Waals surface area (Å²) in [7, 11) is 0. The summed E-state index contributed by atoms with van der Waals surface area (Å²) < 4.78 is 0. The monoisotopic (exact) mass is 317 g/mol. The average Bonchev–Trinajstić information content (AvgIpc) is 3.17. The molecule has 0 aliphatic carbocycles. The number of carbonyl (C=O) groups is 1. The minimum atomic E-state index is 0.116. The third-order valence-corrected chi connectivity index (χ3v) is 5.34. The minimum absolute atomic E-state index is 0.116. The Morgan fingerprint density at radius 2 is 1.95 bits per heavy atom. The van der Waals surface area contributed by atoms with Gasteiger partial charge in [-0.1, -0.05) is 18.5 Å². The molecule has 4 rings (SSSR count). The van der Waals surface area contributed by atoms with Crippen LogP contribution in [0.1, 0.15) is 17.4 Å². The van der Waals surface area contributed by atoms with Crippen LogP contribution in [0.2, 0.25) is 5.02 Å². The molecule has 4 nitrogen and oxygen atoms in total. The molecule has 116 valence electrons. The second-order valence-electron chi connectivity index (χ2n) is 6.50. The van der Waals surface area contributed by atoms with Gasteiger partial charge in [0.25, 0.3) is 5.91 Å². The maximum atomic E-state index is 12.7. The normalized spacial score (nSPS) is 25.1. The highest BCUT2D eigenvalue weighted by molar-refractivity contribution is 6.31. The number of nitrogens with one attached hydrogen (secondary N) is 1. The van der Waals surface area contributed by atoms with E-state index >= 15 is 0 Å². The first kappa shape index (κ1) is 14.1. The topological polar surface area (TPSA) is 39.3 Å². The van der Waals surface area contributed by atoms with Gasteiger partial charge in [0, 0.05) is 42.1 Å². The first-order valence-electron chi connectivity index (χ1n) is 7.94. The molecule has 1 amide bonds. The second kappa shape index (κ2) is 5.28. The SMILES string of the molecule is CCN1C[C@@H]2CN(C(=O)c3cc4cc(Cl)ccc4[nH]3)C[C@@H]2C1. The molecule has 2 fully saturated rings. The number of amides is 1. The van der Waals surface area contributed by atoms with Gasteiger partial charge < -0.3 is 14.8 Å². The Hall–Kier alpha value is -1.52. The summed E-state index contributed by atoms with van der Waals surface area (Å²) in [6.45, 7) is 7.36. The highest BCUT2D eigenvalue weighted by Gasteiger charge is 2.41. The lowest BCUT2D eigenvalue weighted by atomic mass is 10.0. The molecule has 1 aromatic heterocycles. The molecule has 0 radical (unpaired) electrons. The quantitative estimate of drug-likeness (QED) is 0.925. The van der Waals surface area contributed by atoms with E-state index < -0.39 is 0 Å². The van der Waals surface area contributed by atoms with E-state index in [-0.39, 0.29) is 5.91 Å². The number of aromatic nitrogens is 1. The van der Waals surface area contributed by atoms with Crippen molar-refractivity contribution in [2.45, 2.75) is 6.92 Å². The van der Waals surface area contributed by atoms with Crippen LogP contribution in [0.3, 0.4) is 0 Å². The van der Waals surface area contributed by atoms with E-state index in [1.54, 1.807) is 0 Å². The minimum Gasteiger partial charge on any atom is -0.351 e. The lowest BCUT2D eigenvalue weighted by Gasteiger charge is -2.20. The van der Waals surface area contributed by atoms with Gasteiger partial charge in [-0.05, 0) is 42.6 Å². The van der Waals surface area contributed by atoms with Gasteiger partial charge >= 0.3 is 0 Å². The van der Waals surface area contributed by atoms with Crippen LogP contribution in [-0.4, -0.2) is 53.4 Å². The predicted octanol–water partition coefficient (Wildman–Crippen LogP) is 2.85. The lowest BCUT2D eigenvalue weighted by Crippen LogP contribution is -2.33. The van der Waals surface area contributed by atoms with Crippen molar-refractivity contribution in [3.05, 3.63) is 35.0 Å². The Morgan fingerprint density at radius 1 is 1.23 bits per heavy atom. The van der Waals surface area contributed by atoms with Crippen molar-refractivity contribution in [3.63, 3.8) is 0 Å². The van der Waals surface area contributed by atoms with Crippen LogP contribution in [0, 0.1) is 11.8 Å². The molecular weight excluding hydrogens is 298 g/mol. The Morgan fingerprint density at radius 3 is 2.64 bits per heavy atom. The number of rotatable bonds is 2. The molecule has 5 heteroatoms. The molecule has 0 spiro atoms. The van der Waals surface area contributed by atoms with Crippen molar-refractivity contribution >= 4 is 28.4 Å². The van der Waals surface area contributed by atoms with E-state index in [1.165, 1.54) is 0 Å². The van der Waals surface area contributed by atoms with Gasteiger partial charge in [0.2, 0.25) is 0 Å². The molecule has 1 N–H and O–H groups in total. The molecule has 0 saturated carbocycles. The zero-order valence-electron chi connectivity index (χ0n) is 12.7. The van der Waals surface area contributed by atoms with Gasteiger partial charge in [-0.3, -0.25) is 4.79 Å². The van der Waals surface area contributed by atoms with Gasteiger partial charge in [-0.25, -0.2) is 0 Å². The van der Waals surface area contributed by atoms with E-state index in [2.05, 4.69) is 16.8 Å². The molecule has 2 saturated heterocycles. The molecule has 2 aliphatic rings. The number of carbonyl (C=O) groups excluding carboxylic acids is 1. The largest absolute Gasteiger partial charge is 0.351 e. The van der Waals surface area contributed by atoms with Crippen LogP contribution in [0.15, 0.2) is 24.3 Å². The third kappa shape index (κ3) is 2.31. The summed E-state index contributed by atoms with van der Waals surface area (Å²) in [5.41, 5.74) is 1.63. The third-order valence-electron chi connectivity index (χ3n) is 5.11. The summed E-state index contributed by atoms with van der Waals surface area (Å²) in [4.78, 5) is 20.5. The molecule has 22 heavy (non-hydrogen) atoms. The van der Waals surface area contributed by atoms with Crippen molar-refractivity contribution in [1.29, 1.82) is 0 Å². The number of likely N-dealkylation sites (tertiary alicyclic amines) is 2. The fourth-order valence-electron chi connectivity index (χ4n) is 3.90. The highest BCUT2D eigenvalue weighted by atomic mass is 35.5. The smallest absolute Gasteiger partial charge is 0.270 e. The average molecular weight is 318 g/mol. The van der Waals surface area contributed by atoms with Crippen molar-refractivity contribution in [3.8, 4) is 0 Å².